The summed E-state index contributed by atoms with van der Waals surface area (Å²) in [5.74, 6) is 1.02. The Bertz CT molecular complexity index is 518. The van der Waals surface area contributed by atoms with Crippen molar-refractivity contribution in [1.29, 1.82) is 0 Å². The van der Waals surface area contributed by atoms with Crippen LogP contribution in [0.5, 0.6) is 0 Å². The van der Waals surface area contributed by atoms with E-state index in [1.165, 1.54) is 7.11 Å². The van der Waals surface area contributed by atoms with Crippen LogP contribution in [0.25, 0.3) is 6.08 Å². The van der Waals surface area contributed by atoms with Gasteiger partial charge in [0.1, 0.15) is 5.94 Å². The van der Waals surface area contributed by atoms with Crippen LogP contribution in [-0.4, -0.2) is 19.0 Å². The summed E-state index contributed by atoms with van der Waals surface area (Å²) < 4.78 is 4.57. The Kier molecular flexibility index (Phi) is 5.36. The van der Waals surface area contributed by atoms with E-state index in [2.05, 4.69) is 4.74 Å². The van der Waals surface area contributed by atoms with Gasteiger partial charge in [-0.2, -0.15) is 0 Å². The summed E-state index contributed by atoms with van der Waals surface area (Å²) in [6.07, 6.45) is 4.56. The van der Waals surface area contributed by atoms with Gasteiger partial charge in [0.25, 0.3) is 0 Å². The largest absolute Gasteiger partial charge is 0.465 e. The maximum Gasteiger partial charge on any atom is 0.338 e. The predicted molar refractivity (Wildman–Crippen MR) is 70.5 cm³/mol. The highest BCUT2D eigenvalue weighted by Gasteiger charge is 2.06. The molecule has 0 spiro atoms. The van der Waals surface area contributed by atoms with Crippen molar-refractivity contribution in [2.75, 3.05) is 7.11 Å². The smallest absolute Gasteiger partial charge is 0.338 e. The molecule has 0 fully saturated rings. The Balaban J connectivity index is 3.02. The molecule has 0 aliphatic heterocycles. The minimum absolute atomic E-state index is 0.178. The highest BCUT2D eigenvalue weighted by atomic mass is 16.5. The van der Waals surface area contributed by atoms with E-state index in [1.54, 1.807) is 12.0 Å². The van der Waals surface area contributed by atoms with Crippen LogP contribution in [0.4, 0.5) is 0 Å². The molecule has 0 aliphatic carbocycles. The average molecular weight is 242 g/mol. The summed E-state index contributed by atoms with van der Waals surface area (Å²) >= 11 is 0. The van der Waals surface area contributed by atoms with E-state index in [9.17, 15) is 9.59 Å². The number of hydrogen-bond acceptors (Lipinski definition) is 3. The third-order valence-electron chi connectivity index (χ3n) is 2.21. The number of allylic oxidation sites excluding steroid dienone is 2. The number of ether oxygens (including phenoxy) is 1. The number of carbonyl (C=O) groups excluding carboxylic acids is 2. The first-order valence-corrected chi connectivity index (χ1v) is 5.41. The highest BCUT2D eigenvalue weighted by molar-refractivity contribution is 5.94. The predicted octanol–water partition coefficient (Wildman–Crippen LogP) is 2.58. The van der Waals surface area contributed by atoms with Gasteiger partial charge in [0.05, 0.1) is 12.7 Å². The Hall–Kier alpha value is -2.38. The van der Waals surface area contributed by atoms with Gasteiger partial charge >= 0.3 is 5.97 Å². The van der Waals surface area contributed by atoms with Crippen molar-refractivity contribution in [2.45, 2.75) is 6.92 Å². The van der Waals surface area contributed by atoms with E-state index in [4.69, 9.17) is 0 Å². The number of rotatable bonds is 4. The molecule has 3 nitrogen and oxygen atoms in total. The molecule has 0 saturated heterocycles. The second kappa shape index (κ2) is 7.05. The van der Waals surface area contributed by atoms with E-state index < -0.39 is 5.97 Å². The maximum absolute atomic E-state index is 11.4. The molecule has 1 rings (SSSR count). The fourth-order valence-electron chi connectivity index (χ4n) is 1.44. The molecule has 0 N–H and O–H groups in total. The fourth-order valence-corrected chi connectivity index (χ4v) is 1.44. The summed E-state index contributed by atoms with van der Waals surface area (Å²) in [4.78, 5) is 21.7. The van der Waals surface area contributed by atoms with Crippen LogP contribution >= 0.6 is 0 Å². The van der Waals surface area contributed by atoms with Crippen LogP contribution < -0.4 is 0 Å². The molecule has 0 heterocycles. The van der Waals surface area contributed by atoms with Crippen LogP contribution in [0, 0.1) is 0 Å². The topological polar surface area (TPSA) is 43.4 Å². The second-order valence-corrected chi connectivity index (χ2v) is 3.65. The molecule has 18 heavy (non-hydrogen) atoms. The number of carbonyl (C=O) groups is 1. The molecule has 0 saturated carbocycles. The first-order chi connectivity index (χ1) is 8.67. The van der Waals surface area contributed by atoms with Gasteiger partial charge in [-0.05, 0) is 24.1 Å². The molecule has 0 aromatic heterocycles. The molecule has 1 aromatic rings. The van der Waals surface area contributed by atoms with Crippen molar-refractivity contribution in [3.05, 3.63) is 59.2 Å². The molecule has 0 aliphatic rings. The molecule has 1 aromatic carbocycles. The molecule has 0 atom stereocenters. The van der Waals surface area contributed by atoms with E-state index >= 15 is 0 Å². The third kappa shape index (κ3) is 4.24. The Morgan fingerprint density at radius 2 is 1.94 bits per heavy atom. The number of benzene rings is 1. The zero-order valence-corrected chi connectivity index (χ0v) is 10.3. The van der Waals surface area contributed by atoms with E-state index in [0.717, 1.165) is 17.2 Å². The van der Waals surface area contributed by atoms with Crippen molar-refractivity contribution >= 4 is 18.0 Å². The average Bonchev–Trinajstić information content (AvgIpc) is 2.38. The van der Waals surface area contributed by atoms with Gasteiger partial charge in [-0.1, -0.05) is 36.4 Å². The van der Waals surface area contributed by atoms with Crippen molar-refractivity contribution in [2.24, 2.45) is 0 Å². The lowest BCUT2D eigenvalue weighted by Gasteiger charge is -1.99. The summed E-state index contributed by atoms with van der Waals surface area (Å²) in [7, 11) is 1.27. The molecule has 0 radical (unpaired) electrons. The van der Waals surface area contributed by atoms with E-state index in [-0.39, 0.29) is 5.57 Å². The van der Waals surface area contributed by atoms with Crippen molar-refractivity contribution in [3.8, 4) is 0 Å². The lowest BCUT2D eigenvalue weighted by Crippen LogP contribution is -2.02. The van der Waals surface area contributed by atoms with Gasteiger partial charge < -0.3 is 4.74 Å². The normalized spacial score (nSPS) is 11.7. The molecular formula is C15H14O3. The SMILES string of the molecule is COC(=O)/C(C=C=O)=C/C(C)=C/c1ccccc1. The van der Waals surface area contributed by atoms with Gasteiger partial charge in [0.15, 0.2) is 0 Å². The zero-order valence-electron chi connectivity index (χ0n) is 10.3. The Morgan fingerprint density at radius 3 is 2.50 bits per heavy atom. The van der Waals surface area contributed by atoms with Gasteiger partial charge in [-0.3, -0.25) is 0 Å². The lowest BCUT2D eigenvalue weighted by molar-refractivity contribution is -0.135. The van der Waals surface area contributed by atoms with E-state index in [1.807, 2.05) is 43.3 Å². The summed E-state index contributed by atoms with van der Waals surface area (Å²) in [6, 6.07) is 9.68. The minimum Gasteiger partial charge on any atom is -0.465 e. The van der Waals surface area contributed by atoms with Gasteiger partial charge in [-0.25, -0.2) is 9.59 Å². The number of hydrogen-bond donors (Lipinski definition) is 0. The first-order valence-electron chi connectivity index (χ1n) is 5.41. The van der Waals surface area contributed by atoms with E-state index in [0.29, 0.717) is 0 Å². The van der Waals surface area contributed by atoms with Crippen molar-refractivity contribution in [1.82, 2.24) is 0 Å². The molecular weight excluding hydrogens is 228 g/mol. The van der Waals surface area contributed by atoms with Crippen LogP contribution in [0.15, 0.2) is 53.6 Å². The lowest BCUT2D eigenvalue weighted by atomic mass is 10.1. The van der Waals surface area contributed by atoms with Crippen molar-refractivity contribution in [3.63, 3.8) is 0 Å². The summed E-state index contributed by atoms with van der Waals surface area (Å²) in [5, 5.41) is 0. The van der Waals surface area contributed by atoms with Crippen LogP contribution in [0.3, 0.4) is 0 Å². The number of methoxy groups -OCH3 is 1. The molecule has 0 bridgehead atoms. The minimum atomic E-state index is -0.556. The van der Waals surface area contributed by atoms with Crippen LogP contribution in [0.1, 0.15) is 12.5 Å². The first kappa shape index (κ1) is 13.7. The molecule has 0 amide bonds. The standard InChI is InChI=1S/C15H14O3/c1-12(10-13-6-4-3-5-7-13)11-14(8-9-16)15(17)18-2/h3-8,10-11H,1-2H3/b12-10+,14-11+. The van der Waals surface area contributed by atoms with Crippen LogP contribution in [0.2, 0.25) is 0 Å². The molecule has 0 unspecified atom stereocenters. The Morgan fingerprint density at radius 1 is 1.28 bits per heavy atom. The third-order valence-corrected chi connectivity index (χ3v) is 2.21. The molecule has 3 heteroatoms. The van der Waals surface area contributed by atoms with Gasteiger partial charge in [-0.15, -0.1) is 0 Å². The molecule has 92 valence electrons. The maximum atomic E-state index is 11.4. The summed E-state index contributed by atoms with van der Waals surface area (Å²) in [5.41, 5.74) is 2.04. The zero-order chi connectivity index (χ0) is 13.4. The van der Waals surface area contributed by atoms with Crippen molar-refractivity contribution < 1.29 is 14.3 Å². The highest BCUT2D eigenvalue weighted by Crippen LogP contribution is 2.10. The number of esters is 1. The fraction of sp³-hybridized carbons (Fsp3) is 0.133. The second-order valence-electron chi connectivity index (χ2n) is 3.65. The monoisotopic (exact) mass is 242 g/mol. The quantitative estimate of drug-likeness (QED) is 0.353. The van der Waals surface area contributed by atoms with Gasteiger partial charge in [0.2, 0.25) is 0 Å². The van der Waals surface area contributed by atoms with Gasteiger partial charge in [0, 0.05) is 6.08 Å². The summed E-state index contributed by atoms with van der Waals surface area (Å²) in [6.45, 7) is 1.84. The van der Waals surface area contributed by atoms with Crippen LogP contribution in [-0.2, 0) is 14.3 Å². The Labute approximate surface area is 106 Å².